The van der Waals surface area contributed by atoms with Crippen molar-refractivity contribution in [3.8, 4) is 12.0 Å². The molecule has 0 radical (unpaired) electrons. The number of nitroso groups, excluding NO2 is 1. The molecule has 0 fully saturated rings. The van der Waals surface area contributed by atoms with Gasteiger partial charge in [-0.1, -0.05) is 41.6 Å². The van der Waals surface area contributed by atoms with Crippen LogP contribution in [0.25, 0.3) is 16.9 Å². The van der Waals surface area contributed by atoms with Crippen LogP contribution in [0, 0.1) is 23.2 Å². The summed E-state index contributed by atoms with van der Waals surface area (Å²) in [5.74, 6) is 1.03. The fraction of sp³-hybridized carbons (Fsp3) is 0.174. The molecule has 2 aromatic heterocycles. The molecule has 0 spiro atoms. The molecule has 0 bridgehead atoms. The molecule has 1 N–H and O–H groups in total. The number of nitrogens with one attached hydrogen (secondary N) is 1. The molecule has 2 heterocycles. The van der Waals surface area contributed by atoms with Gasteiger partial charge in [0.2, 0.25) is 5.95 Å². The highest BCUT2D eigenvalue weighted by atomic mass is 16.3. The molecule has 7 nitrogen and oxygen atoms in total. The van der Waals surface area contributed by atoms with E-state index in [1.165, 1.54) is 0 Å². The third-order valence-corrected chi connectivity index (χ3v) is 5.07. The normalized spacial score (nSPS) is 11.8. The number of aryl methyl sites for hydroxylation is 1. The summed E-state index contributed by atoms with van der Waals surface area (Å²) in [7, 11) is 0. The zero-order valence-electron chi connectivity index (χ0n) is 16.7. The van der Waals surface area contributed by atoms with E-state index in [1.807, 2.05) is 60.0 Å². The SMILES string of the molecule is Cc1cc2c(C#N)cccc2n1-c1ncc(C(C)N=O)c(NCc2ccccc2)n1. The predicted octanol–water partition coefficient (Wildman–Crippen LogP) is 5.04. The van der Waals surface area contributed by atoms with Crippen molar-refractivity contribution in [3.05, 3.63) is 88.1 Å². The van der Waals surface area contributed by atoms with Gasteiger partial charge < -0.3 is 5.32 Å². The highest BCUT2D eigenvalue weighted by Gasteiger charge is 2.18. The summed E-state index contributed by atoms with van der Waals surface area (Å²) in [5, 5.41) is 16.7. The van der Waals surface area contributed by atoms with Crippen LogP contribution in [0.2, 0.25) is 0 Å². The Balaban J connectivity index is 1.80. The first kappa shape index (κ1) is 19.3. The fourth-order valence-corrected chi connectivity index (χ4v) is 3.50. The molecule has 4 rings (SSSR count). The van der Waals surface area contributed by atoms with Crippen molar-refractivity contribution < 1.29 is 0 Å². The third kappa shape index (κ3) is 3.51. The van der Waals surface area contributed by atoms with E-state index in [9.17, 15) is 10.2 Å². The molecule has 30 heavy (non-hydrogen) atoms. The first-order valence-corrected chi connectivity index (χ1v) is 9.61. The van der Waals surface area contributed by atoms with E-state index < -0.39 is 6.04 Å². The molecular formula is C23H20N6O. The van der Waals surface area contributed by atoms with Crippen molar-refractivity contribution in [3.63, 3.8) is 0 Å². The molecule has 2 aromatic carbocycles. The number of fused-ring (bicyclic) bond motifs is 1. The lowest BCUT2D eigenvalue weighted by Crippen LogP contribution is -2.11. The Morgan fingerprint density at radius 3 is 2.73 bits per heavy atom. The molecule has 0 aliphatic heterocycles. The standard InChI is InChI=1S/C23H20N6O/c1-15-11-19-18(12-24)9-6-10-21(19)29(15)23-26-14-20(16(2)28-30)22(27-23)25-13-17-7-4-3-5-8-17/h3-11,14,16H,13H2,1-2H3,(H,25,26,27). The van der Waals surface area contributed by atoms with E-state index in [2.05, 4.69) is 21.5 Å². The van der Waals surface area contributed by atoms with Crippen LogP contribution in [0.15, 0.2) is 66.0 Å². The molecule has 4 aromatic rings. The molecule has 0 saturated heterocycles. The van der Waals surface area contributed by atoms with Crippen LogP contribution in [0.3, 0.4) is 0 Å². The van der Waals surface area contributed by atoms with Crippen molar-refractivity contribution in [2.45, 2.75) is 26.4 Å². The van der Waals surface area contributed by atoms with Gasteiger partial charge in [-0.15, -0.1) is 0 Å². The Bertz CT molecular complexity index is 1260. The molecule has 0 saturated carbocycles. The average molecular weight is 396 g/mol. The van der Waals surface area contributed by atoms with Crippen LogP contribution >= 0.6 is 0 Å². The molecular weight excluding hydrogens is 376 g/mol. The lowest BCUT2D eigenvalue weighted by Gasteiger charge is -2.15. The van der Waals surface area contributed by atoms with Gasteiger partial charge in [0.25, 0.3) is 0 Å². The van der Waals surface area contributed by atoms with Crippen LogP contribution in [-0.4, -0.2) is 14.5 Å². The monoisotopic (exact) mass is 396 g/mol. The second kappa shape index (κ2) is 8.13. The van der Waals surface area contributed by atoms with E-state index in [0.29, 0.717) is 29.4 Å². The first-order valence-electron chi connectivity index (χ1n) is 9.61. The van der Waals surface area contributed by atoms with Crippen LogP contribution in [0.1, 0.15) is 35.3 Å². The maximum atomic E-state index is 11.2. The Hall–Kier alpha value is -4.05. The van der Waals surface area contributed by atoms with Crippen LogP contribution in [-0.2, 0) is 6.54 Å². The number of rotatable bonds is 6. The minimum Gasteiger partial charge on any atom is -0.366 e. The van der Waals surface area contributed by atoms with Gasteiger partial charge in [-0.05, 0) is 37.6 Å². The lowest BCUT2D eigenvalue weighted by molar-refractivity contribution is 0.788. The highest BCUT2D eigenvalue weighted by Crippen LogP contribution is 2.28. The van der Waals surface area contributed by atoms with Gasteiger partial charge in [-0.3, -0.25) is 4.57 Å². The zero-order valence-corrected chi connectivity index (χ0v) is 16.7. The summed E-state index contributed by atoms with van der Waals surface area (Å²) in [6, 6.07) is 19.1. The minimum absolute atomic E-state index is 0.468. The van der Waals surface area contributed by atoms with Gasteiger partial charge in [0, 0.05) is 29.4 Å². The van der Waals surface area contributed by atoms with E-state index in [4.69, 9.17) is 4.98 Å². The number of hydrogen-bond donors (Lipinski definition) is 1. The van der Waals surface area contributed by atoms with Gasteiger partial charge in [0.1, 0.15) is 11.9 Å². The van der Waals surface area contributed by atoms with Gasteiger partial charge >= 0.3 is 0 Å². The van der Waals surface area contributed by atoms with E-state index in [-0.39, 0.29) is 0 Å². The van der Waals surface area contributed by atoms with Gasteiger partial charge in [-0.25, -0.2) is 4.98 Å². The molecule has 1 unspecified atom stereocenters. The summed E-state index contributed by atoms with van der Waals surface area (Å²) in [5.41, 5.74) is 4.10. The largest absolute Gasteiger partial charge is 0.366 e. The molecule has 148 valence electrons. The second-order valence-corrected chi connectivity index (χ2v) is 7.07. The number of aromatic nitrogens is 3. The van der Waals surface area contributed by atoms with Crippen LogP contribution in [0.5, 0.6) is 0 Å². The topological polar surface area (TPSA) is 96.0 Å². The minimum atomic E-state index is -0.579. The second-order valence-electron chi connectivity index (χ2n) is 7.07. The molecule has 1 atom stereocenters. The summed E-state index contributed by atoms with van der Waals surface area (Å²) in [4.78, 5) is 20.4. The van der Waals surface area contributed by atoms with Gasteiger partial charge in [0.15, 0.2) is 0 Å². The van der Waals surface area contributed by atoms with E-state index in [0.717, 1.165) is 22.2 Å². The van der Waals surface area contributed by atoms with E-state index >= 15 is 0 Å². The Morgan fingerprint density at radius 1 is 1.20 bits per heavy atom. The molecule has 7 heteroatoms. The smallest absolute Gasteiger partial charge is 0.236 e. The van der Waals surface area contributed by atoms with Crippen molar-refractivity contribution >= 4 is 16.7 Å². The summed E-state index contributed by atoms with van der Waals surface area (Å²) in [6.45, 7) is 4.22. The number of benzene rings is 2. The summed E-state index contributed by atoms with van der Waals surface area (Å²) >= 11 is 0. The Morgan fingerprint density at radius 2 is 2.00 bits per heavy atom. The van der Waals surface area contributed by atoms with Crippen molar-refractivity contribution in [2.75, 3.05) is 5.32 Å². The molecule has 0 aliphatic carbocycles. The van der Waals surface area contributed by atoms with E-state index in [1.54, 1.807) is 19.2 Å². The number of anilines is 1. The van der Waals surface area contributed by atoms with Gasteiger partial charge in [0.05, 0.1) is 17.1 Å². The zero-order chi connectivity index (χ0) is 21.1. The maximum absolute atomic E-state index is 11.2. The molecule has 0 aliphatic rings. The van der Waals surface area contributed by atoms with Crippen LogP contribution in [0.4, 0.5) is 5.82 Å². The fourth-order valence-electron chi connectivity index (χ4n) is 3.50. The first-order chi connectivity index (χ1) is 14.6. The molecule has 0 amide bonds. The third-order valence-electron chi connectivity index (χ3n) is 5.07. The number of nitrogens with zero attached hydrogens (tertiary/aromatic N) is 5. The maximum Gasteiger partial charge on any atom is 0.236 e. The average Bonchev–Trinajstić information content (AvgIpc) is 3.13. The summed E-state index contributed by atoms with van der Waals surface area (Å²) in [6.07, 6.45) is 1.64. The van der Waals surface area contributed by atoms with Crippen molar-refractivity contribution in [1.29, 1.82) is 5.26 Å². The van der Waals surface area contributed by atoms with Crippen LogP contribution < -0.4 is 5.32 Å². The quantitative estimate of drug-likeness (QED) is 0.461. The number of hydrogen-bond acceptors (Lipinski definition) is 6. The van der Waals surface area contributed by atoms with Crippen molar-refractivity contribution in [2.24, 2.45) is 5.18 Å². The summed E-state index contributed by atoms with van der Waals surface area (Å²) < 4.78 is 1.91. The highest BCUT2D eigenvalue weighted by molar-refractivity contribution is 5.88. The Labute approximate surface area is 174 Å². The predicted molar refractivity (Wildman–Crippen MR) is 116 cm³/mol. The van der Waals surface area contributed by atoms with Crippen molar-refractivity contribution in [1.82, 2.24) is 14.5 Å². The van der Waals surface area contributed by atoms with Gasteiger partial charge in [-0.2, -0.15) is 15.2 Å². The lowest BCUT2D eigenvalue weighted by atomic mass is 10.1. The Kier molecular flexibility index (Phi) is 5.22. The number of nitriles is 1.